The molecule has 0 radical (unpaired) electrons. The van der Waals surface area contributed by atoms with Crippen LogP contribution < -0.4 is 5.32 Å². The van der Waals surface area contributed by atoms with E-state index in [0.29, 0.717) is 10.9 Å². The predicted molar refractivity (Wildman–Crippen MR) is 64.9 cm³/mol. The molecule has 4 nitrogen and oxygen atoms in total. The van der Waals surface area contributed by atoms with Crippen LogP contribution in [0.3, 0.4) is 0 Å². The average Bonchev–Trinajstić information content (AvgIpc) is 2.69. The summed E-state index contributed by atoms with van der Waals surface area (Å²) in [4.78, 5) is 11.9. The van der Waals surface area contributed by atoms with Crippen LogP contribution in [0, 0.1) is 12.7 Å². The van der Waals surface area contributed by atoms with Crippen LogP contribution in [-0.4, -0.2) is 23.7 Å². The number of carbonyl (C=O) groups excluding carboxylic acids is 1. The Kier molecular flexibility index (Phi) is 3.34. The molecule has 0 aliphatic rings. The Bertz CT molecular complexity index is 591. The summed E-state index contributed by atoms with van der Waals surface area (Å²) in [5.41, 5.74) is 0.670. The maximum absolute atomic E-state index is 13.5. The first-order valence-corrected chi connectivity index (χ1v) is 5.64. The fourth-order valence-electron chi connectivity index (χ4n) is 1.76. The molecule has 0 fully saturated rings. The summed E-state index contributed by atoms with van der Waals surface area (Å²) in [6, 6.07) is 4.17. The van der Waals surface area contributed by atoms with Crippen LogP contribution in [0.5, 0.6) is 0 Å². The van der Waals surface area contributed by atoms with E-state index in [0.717, 1.165) is 0 Å². The normalized spacial score (nSPS) is 12.7. The predicted octanol–water partition coefficient (Wildman–Crippen LogP) is 1.99. The van der Waals surface area contributed by atoms with Crippen LogP contribution in [0.4, 0.5) is 4.39 Å². The van der Waals surface area contributed by atoms with Gasteiger partial charge in [-0.05, 0) is 19.9 Å². The van der Waals surface area contributed by atoms with Crippen molar-refractivity contribution in [2.45, 2.75) is 19.9 Å². The fourth-order valence-corrected chi connectivity index (χ4v) is 1.76. The third-order valence-corrected chi connectivity index (χ3v) is 2.77. The average molecular weight is 251 g/mol. The van der Waals surface area contributed by atoms with Gasteiger partial charge in [-0.15, -0.1) is 0 Å². The highest BCUT2D eigenvalue weighted by atomic mass is 19.1. The van der Waals surface area contributed by atoms with Gasteiger partial charge in [0.1, 0.15) is 0 Å². The first kappa shape index (κ1) is 12.6. The zero-order chi connectivity index (χ0) is 13.3. The monoisotopic (exact) mass is 251 g/mol. The lowest BCUT2D eigenvalue weighted by molar-refractivity contribution is 0.0895. The van der Waals surface area contributed by atoms with Crippen molar-refractivity contribution >= 4 is 16.9 Å². The van der Waals surface area contributed by atoms with E-state index in [9.17, 15) is 9.18 Å². The number of halogens is 1. The number of aliphatic hydroxyl groups excluding tert-OH is 1. The standard InChI is InChI=1S/C13H14FNO3/c1-7(6-16)15-13(17)11-8(2)9-4-3-5-10(14)12(9)18-11/h3-5,7,16H,6H2,1-2H3,(H,15,17)/t7-/m0/s1. The molecule has 1 amide bonds. The lowest BCUT2D eigenvalue weighted by atomic mass is 10.1. The molecule has 0 saturated heterocycles. The van der Waals surface area contributed by atoms with Gasteiger partial charge in [0, 0.05) is 17.0 Å². The van der Waals surface area contributed by atoms with E-state index in [-0.39, 0.29) is 24.0 Å². The molecule has 2 aromatic rings. The molecule has 0 saturated carbocycles. The number of hydrogen-bond donors (Lipinski definition) is 2. The minimum Gasteiger partial charge on any atom is -0.448 e. The zero-order valence-electron chi connectivity index (χ0n) is 10.2. The number of hydrogen-bond acceptors (Lipinski definition) is 3. The summed E-state index contributed by atoms with van der Waals surface area (Å²) in [7, 11) is 0. The highest BCUT2D eigenvalue weighted by molar-refractivity contribution is 5.99. The maximum atomic E-state index is 13.5. The number of carbonyl (C=O) groups is 1. The minimum atomic E-state index is -0.496. The van der Waals surface area contributed by atoms with E-state index in [2.05, 4.69) is 5.32 Å². The van der Waals surface area contributed by atoms with Gasteiger partial charge in [-0.2, -0.15) is 0 Å². The summed E-state index contributed by atoms with van der Waals surface area (Å²) in [6.45, 7) is 3.19. The zero-order valence-corrected chi connectivity index (χ0v) is 10.2. The van der Waals surface area contributed by atoms with Gasteiger partial charge in [-0.1, -0.05) is 12.1 Å². The van der Waals surface area contributed by atoms with Gasteiger partial charge in [0.15, 0.2) is 17.2 Å². The molecule has 2 N–H and O–H groups in total. The lowest BCUT2D eigenvalue weighted by Crippen LogP contribution is -2.35. The Morgan fingerprint density at radius 3 is 2.89 bits per heavy atom. The number of nitrogens with one attached hydrogen (secondary N) is 1. The number of fused-ring (bicyclic) bond motifs is 1. The number of amides is 1. The molecule has 2 rings (SSSR count). The van der Waals surface area contributed by atoms with Crippen LogP contribution in [0.2, 0.25) is 0 Å². The number of rotatable bonds is 3. The molecule has 0 aliphatic heterocycles. The molecule has 5 heteroatoms. The highest BCUT2D eigenvalue weighted by Gasteiger charge is 2.20. The van der Waals surface area contributed by atoms with Crippen LogP contribution in [0.1, 0.15) is 23.0 Å². The van der Waals surface area contributed by atoms with Gasteiger partial charge >= 0.3 is 0 Å². The van der Waals surface area contributed by atoms with E-state index in [1.54, 1.807) is 26.0 Å². The summed E-state index contributed by atoms with van der Waals surface area (Å²) < 4.78 is 18.8. The molecule has 0 spiro atoms. The summed E-state index contributed by atoms with van der Waals surface area (Å²) in [5.74, 6) is -0.870. The molecule has 0 bridgehead atoms. The van der Waals surface area contributed by atoms with Gasteiger partial charge < -0.3 is 14.8 Å². The summed E-state index contributed by atoms with van der Waals surface area (Å²) in [5, 5.41) is 12.0. The van der Waals surface area contributed by atoms with Gasteiger partial charge in [0.05, 0.1) is 6.61 Å². The van der Waals surface area contributed by atoms with Crippen molar-refractivity contribution in [2.24, 2.45) is 0 Å². The van der Waals surface area contributed by atoms with Crippen molar-refractivity contribution in [3.8, 4) is 0 Å². The van der Waals surface area contributed by atoms with Crippen LogP contribution in [0.25, 0.3) is 11.0 Å². The number of aliphatic hydroxyl groups is 1. The topological polar surface area (TPSA) is 62.5 Å². The van der Waals surface area contributed by atoms with Gasteiger partial charge in [-0.3, -0.25) is 4.79 Å². The summed E-state index contributed by atoms with van der Waals surface area (Å²) >= 11 is 0. The first-order valence-electron chi connectivity index (χ1n) is 5.64. The molecular formula is C13H14FNO3. The van der Waals surface area contributed by atoms with Crippen molar-refractivity contribution in [3.63, 3.8) is 0 Å². The lowest BCUT2D eigenvalue weighted by Gasteiger charge is -2.09. The van der Waals surface area contributed by atoms with E-state index in [1.165, 1.54) is 6.07 Å². The number of aryl methyl sites for hydroxylation is 1. The van der Waals surface area contributed by atoms with E-state index >= 15 is 0 Å². The second-order valence-electron chi connectivity index (χ2n) is 4.23. The Morgan fingerprint density at radius 2 is 2.28 bits per heavy atom. The molecular weight excluding hydrogens is 237 g/mol. The van der Waals surface area contributed by atoms with Gasteiger partial charge in [-0.25, -0.2) is 4.39 Å². The largest absolute Gasteiger partial charge is 0.448 e. The van der Waals surface area contributed by atoms with E-state index < -0.39 is 11.7 Å². The molecule has 0 aliphatic carbocycles. The van der Waals surface area contributed by atoms with Crippen molar-refractivity contribution < 1.29 is 18.7 Å². The molecule has 1 heterocycles. The Morgan fingerprint density at radius 1 is 1.56 bits per heavy atom. The van der Waals surface area contributed by atoms with Crippen LogP contribution >= 0.6 is 0 Å². The highest BCUT2D eigenvalue weighted by Crippen LogP contribution is 2.27. The second kappa shape index (κ2) is 4.78. The molecule has 1 atom stereocenters. The smallest absolute Gasteiger partial charge is 0.287 e. The van der Waals surface area contributed by atoms with Gasteiger partial charge in [0.2, 0.25) is 0 Å². The Hall–Kier alpha value is -1.88. The number of furan rings is 1. The molecule has 18 heavy (non-hydrogen) atoms. The molecule has 1 aromatic heterocycles. The quantitative estimate of drug-likeness (QED) is 0.876. The second-order valence-corrected chi connectivity index (χ2v) is 4.23. The van der Waals surface area contributed by atoms with Crippen molar-refractivity contribution in [1.82, 2.24) is 5.32 Å². The Labute approximate surface area is 103 Å². The van der Waals surface area contributed by atoms with Crippen LogP contribution in [-0.2, 0) is 0 Å². The van der Waals surface area contributed by atoms with Crippen molar-refractivity contribution in [2.75, 3.05) is 6.61 Å². The summed E-state index contributed by atoms with van der Waals surface area (Å²) in [6.07, 6.45) is 0. The van der Waals surface area contributed by atoms with Crippen LogP contribution in [0.15, 0.2) is 22.6 Å². The number of benzene rings is 1. The van der Waals surface area contributed by atoms with Crippen molar-refractivity contribution in [3.05, 3.63) is 35.3 Å². The SMILES string of the molecule is Cc1c(C(=O)N[C@@H](C)CO)oc2c(F)cccc12. The molecule has 96 valence electrons. The van der Waals surface area contributed by atoms with E-state index in [1.807, 2.05) is 0 Å². The van der Waals surface area contributed by atoms with Gasteiger partial charge in [0.25, 0.3) is 5.91 Å². The fraction of sp³-hybridized carbons (Fsp3) is 0.308. The molecule has 0 unspecified atom stereocenters. The van der Waals surface area contributed by atoms with E-state index in [4.69, 9.17) is 9.52 Å². The first-order chi connectivity index (χ1) is 8.54. The third-order valence-electron chi connectivity index (χ3n) is 2.77. The Balaban J connectivity index is 2.43. The number of para-hydroxylation sites is 1. The minimum absolute atomic E-state index is 0.0791. The van der Waals surface area contributed by atoms with Crippen molar-refractivity contribution in [1.29, 1.82) is 0 Å². The maximum Gasteiger partial charge on any atom is 0.287 e. The molecule has 1 aromatic carbocycles. The third kappa shape index (κ3) is 2.09.